The number of amides is 2. The van der Waals surface area contributed by atoms with Crippen LogP contribution < -0.4 is 11.1 Å². The molecule has 34 heavy (non-hydrogen) atoms. The van der Waals surface area contributed by atoms with Gasteiger partial charge in [0.15, 0.2) is 11.4 Å². The molecule has 4 heterocycles. The number of hydrogen-bond donors (Lipinski definition) is 2. The molecule has 13 heteroatoms. The summed E-state index contributed by atoms with van der Waals surface area (Å²) < 4.78 is 21.9. The number of likely N-dealkylation sites (tertiary alicyclic amines) is 1. The van der Waals surface area contributed by atoms with E-state index < -0.39 is 23.4 Å². The van der Waals surface area contributed by atoms with Gasteiger partial charge < -0.3 is 15.4 Å². The Balaban J connectivity index is 1.51. The van der Waals surface area contributed by atoms with Crippen LogP contribution in [0.2, 0.25) is 15.1 Å². The highest BCUT2D eigenvalue weighted by Gasteiger charge is 2.48. The van der Waals surface area contributed by atoms with Crippen molar-refractivity contribution < 1.29 is 18.7 Å². The number of aromatic nitrogens is 3. The van der Waals surface area contributed by atoms with E-state index in [-0.39, 0.29) is 49.9 Å². The monoisotopic (exact) mass is 524 g/mol. The first-order valence-electron chi connectivity index (χ1n) is 10.1. The molecule has 0 radical (unpaired) electrons. The van der Waals surface area contributed by atoms with E-state index in [0.29, 0.717) is 19.4 Å². The highest BCUT2D eigenvalue weighted by Crippen LogP contribution is 2.45. The van der Waals surface area contributed by atoms with Gasteiger partial charge in [-0.3, -0.25) is 15.1 Å². The van der Waals surface area contributed by atoms with Gasteiger partial charge in [-0.2, -0.15) is 5.10 Å². The molecule has 0 saturated carbocycles. The number of fused-ring (bicyclic) bond motifs is 2. The molecule has 0 aliphatic carbocycles. The molecule has 1 saturated heterocycles. The van der Waals surface area contributed by atoms with E-state index in [9.17, 15) is 9.59 Å². The molecule has 0 bridgehead atoms. The number of rotatable bonds is 2. The third-order valence-electron chi connectivity index (χ3n) is 5.89. The number of carbonyl (C=O) groups is 2. The summed E-state index contributed by atoms with van der Waals surface area (Å²) in [6.07, 6.45) is 4.07. The van der Waals surface area contributed by atoms with Gasteiger partial charge in [-0.05, 0) is 25.0 Å². The molecule has 9 nitrogen and oxygen atoms in total. The Morgan fingerprint density at radius 3 is 2.65 bits per heavy atom. The van der Waals surface area contributed by atoms with E-state index in [1.165, 1.54) is 40.3 Å². The first kappa shape index (κ1) is 22.7. The van der Waals surface area contributed by atoms with Gasteiger partial charge in [0.25, 0.3) is 5.91 Å². The Bertz CT molecular complexity index is 1330. The molecule has 2 amide bonds. The molecule has 1 fully saturated rings. The lowest BCUT2D eigenvalue weighted by atomic mass is 9.83. The van der Waals surface area contributed by atoms with Crippen molar-refractivity contribution in [3.8, 4) is 5.69 Å². The topological polar surface area (TPSA) is 115 Å². The molecule has 3 aromatic rings. The first-order chi connectivity index (χ1) is 16.2. The Labute approximate surface area is 207 Å². The minimum atomic E-state index is -1.40. The van der Waals surface area contributed by atoms with Crippen LogP contribution in [0, 0.1) is 5.82 Å². The number of nitrogens with zero attached hydrogens (tertiary/aromatic N) is 4. The number of piperidine rings is 1. The van der Waals surface area contributed by atoms with Gasteiger partial charge in [-0.25, -0.2) is 13.9 Å². The Kier molecular flexibility index (Phi) is 5.54. The second kappa shape index (κ2) is 8.30. The maximum atomic E-state index is 15.1. The van der Waals surface area contributed by atoms with Crippen LogP contribution in [0.4, 0.5) is 20.7 Å². The fourth-order valence-corrected chi connectivity index (χ4v) is 5.11. The SMILES string of the molecule is Nc1c(C(=O)N2CCC[C@@]3(C2)OC(=O)Nc2ccc(Cl)c(F)c23)cnn1-c1c(Cl)cncc1Cl. The second-order valence-corrected chi connectivity index (χ2v) is 9.15. The number of nitrogen functional groups attached to an aromatic ring is 1. The zero-order valence-electron chi connectivity index (χ0n) is 17.3. The van der Waals surface area contributed by atoms with Crippen molar-refractivity contribution in [2.75, 3.05) is 24.1 Å². The first-order valence-corrected chi connectivity index (χ1v) is 11.3. The van der Waals surface area contributed by atoms with Crippen LogP contribution in [0.1, 0.15) is 28.8 Å². The third-order valence-corrected chi connectivity index (χ3v) is 6.74. The summed E-state index contributed by atoms with van der Waals surface area (Å²) >= 11 is 18.4. The normalized spacial score (nSPS) is 19.5. The van der Waals surface area contributed by atoms with Gasteiger partial charge in [0, 0.05) is 18.9 Å². The standard InChI is InChI=1S/C21H16Cl3FN6O3/c22-11-2-3-14-15(16(11)25)21(34-20(33)29-14)4-1-5-30(9-21)19(32)10-6-28-31(18(10)26)17-12(23)7-27-8-13(17)24/h2-3,6-8H,1,4-5,9,26H2,(H,29,33)/t21-/m0/s1. The highest BCUT2D eigenvalue weighted by molar-refractivity contribution is 6.37. The lowest BCUT2D eigenvalue weighted by Gasteiger charge is -2.45. The summed E-state index contributed by atoms with van der Waals surface area (Å²) in [5, 5.41) is 6.95. The van der Waals surface area contributed by atoms with Crippen LogP contribution in [-0.4, -0.2) is 44.8 Å². The predicted molar refractivity (Wildman–Crippen MR) is 124 cm³/mol. The van der Waals surface area contributed by atoms with Gasteiger partial charge >= 0.3 is 6.09 Å². The molecule has 0 unspecified atom stereocenters. The van der Waals surface area contributed by atoms with Crippen LogP contribution in [0.25, 0.3) is 5.69 Å². The van der Waals surface area contributed by atoms with Gasteiger partial charge in [0.2, 0.25) is 0 Å². The lowest BCUT2D eigenvalue weighted by molar-refractivity contribution is -0.0418. The fraction of sp³-hybridized carbons (Fsp3) is 0.238. The molecule has 2 aliphatic heterocycles. The Hall–Kier alpha value is -3.08. The average Bonchev–Trinajstić information content (AvgIpc) is 3.16. The Morgan fingerprint density at radius 1 is 1.18 bits per heavy atom. The van der Waals surface area contributed by atoms with Gasteiger partial charge in [-0.15, -0.1) is 0 Å². The van der Waals surface area contributed by atoms with E-state index in [4.69, 9.17) is 45.3 Å². The van der Waals surface area contributed by atoms with Crippen LogP contribution in [0.3, 0.4) is 0 Å². The largest absolute Gasteiger partial charge is 0.436 e. The van der Waals surface area contributed by atoms with Crippen molar-refractivity contribution in [3.05, 3.63) is 62.7 Å². The van der Waals surface area contributed by atoms with E-state index in [2.05, 4.69) is 15.4 Å². The molecule has 1 spiro atoms. The van der Waals surface area contributed by atoms with E-state index >= 15 is 4.39 Å². The summed E-state index contributed by atoms with van der Waals surface area (Å²) in [6.45, 7) is 0.245. The zero-order valence-corrected chi connectivity index (χ0v) is 19.6. The van der Waals surface area contributed by atoms with Crippen LogP contribution in [0.5, 0.6) is 0 Å². The van der Waals surface area contributed by atoms with Gasteiger partial charge in [0.1, 0.15) is 17.1 Å². The lowest BCUT2D eigenvalue weighted by Crippen LogP contribution is -2.53. The quantitative estimate of drug-likeness (QED) is 0.504. The number of pyridine rings is 1. The number of benzene rings is 1. The van der Waals surface area contributed by atoms with Crippen molar-refractivity contribution in [2.45, 2.75) is 18.4 Å². The maximum Gasteiger partial charge on any atom is 0.412 e. The number of halogens is 4. The molecular formula is C21H16Cl3FN6O3. The van der Waals surface area contributed by atoms with Crippen molar-refractivity contribution in [1.82, 2.24) is 19.7 Å². The number of nitrogens with two attached hydrogens (primary N) is 1. The summed E-state index contributed by atoms with van der Waals surface area (Å²) in [5.74, 6) is -1.16. The minimum Gasteiger partial charge on any atom is -0.436 e. The van der Waals surface area contributed by atoms with Gasteiger partial charge in [0.05, 0.1) is 39.1 Å². The maximum absolute atomic E-state index is 15.1. The Morgan fingerprint density at radius 2 is 1.91 bits per heavy atom. The van der Waals surface area contributed by atoms with E-state index in [1.807, 2.05) is 0 Å². The number of anilines is 2. The summed E-state index contributed by atoms with van der Waals surface area (Å²) in [5.41, 5.74) is 5.57. The van der Waals surface area contributed by atoms with Crippen molar-refractivity contribution in [3.63, 3.8) is 0 Å². The van der Waals surface area contributed by atoms with E-state index in [1.54, 1.807) is 0 Å². The summed E-state index contributed by atoms with van der Waals surface area (Å²) in [7, 11) is 0. The van der Waals surface area contributed by atoms with Crippen molar-refractivity contribution >= 4 is 58.3 Å². The van der Waals surface area contributed by atoms with Crippen molar-refractivity contribution in [2.24, 2.45) is 0 Å². The van der Waals surface area contributed by atoms with Crippen LogP contribution in [-0.2, 0) is 10.3 Å². The number of nitrogens with one attached hydrogen (secondary N) is 1. The minimum absolute atomic E-state index is 0.0107. The number of carbonyl (C=O) groups excluding carboxylic acids is 2. The molecule has 3 N–H and O–H groups in total. The van der Waals surface area contributed by atoms with E-state index in [0.717, 1.165) is 0 Å². The predicted octanol–water partition coefficient (Wildman–Crippen LogP) is 4.64. The molecule has 5 rings (SSSR count). The third kappa shape index (κ3) is 3.53. The molecule has 2 aromatic heterocycles. The van der Waals surface area contributed by atoms with Crippen molar-refractivity contribution in [1.29, 1.82) is 0 Å². The smallest absolute Gasteiger partial charge is 0.412 e. The molecular weight excluding hydrogens is 510 g/mol. The zero-order chi connectivity index (χ0) is 24.2. The fourth-order valence-electron chi connectivity index (χ4n) is 4.42. The second-order valence-electron chi connectivity index (χ2n) is 7.93. The average molecular weight is 526 g/mol. The van der Waals surface area contributed by atoms with Crippen LogP contribution >= 0.6 is 34.8 Å². The number of ether oxygens (including phenoxy) is 1. The summed E-state index contributed by atoms with van der Waals surface area (Å²) in [6, 6.07) is 2.86. The molecule has 1 aromatic carbocycles. The van der Waals surface area contributed by atoms with Gasteiger partial charge in [-0.1, -0.05) is 34.8 Å². The molecule has 2 aliphatic rings. The van der Waals surface area contributed by atoms with Crippen LogP contribution in [0.15, 0.2) is 30.7 Å². The summed E-state index contributed by atoms with van der Waals surface area (Å²) in [4.78, 5) is 31.0. The highest BCUT2D eigenvalue weighted by atomic mass is 35.5. The number of hydrogen-bond acceptors (Lipinski definition) is 6. The molecule has 176 valence electrons. The molecule has 1 atom stereocenters.